The maximum Gasteiger partial charge on any atom is 0.341 e. The van der Waals surface area contributed by atoms with Crippen LogP contribution in [0, 0.1) is 0 Å². The van der Waals surface area contributed by atoms with Crippen LogP contribution in [0.2, 0.25) is 0 Å². The highest BCUT2D eigenvalue weighted by Crippen LogP contribution is 2.12. The third kappa shape index (κ3) is 4.18. The molecule has 2 N–H and O–H groups in total. The number of nitrogens with one attached hydrogen (secondary N) is 2. The van der Waals surface area contributed by atoms with Gasteiger partial charge in [0.25, 0.3) is 0 Å². The Morgan fingerprint density at radius 1 is 1.50 bits per heavy atom. The number of rotatable bonds is 6. The monoisotopic (exact) mass is 279 g/mol. The van der Waals surface area contributed by atoms with E-state index in [0.717, 1.165) is 25.9 Å². The van der Waals surface area contributed by atoms with Crippen molar-refractivity contribution in [1.82, 2.24) is 10.3 Å². The SMILES string of the molecule is COC(=O)c1cccnc1NCCOC1CCNCC1. The van der Waals surface area contributed by atoms with Crippen LogP contribution in [-0.2, 0) is 9.47 Å². The van der Waals surface area contributed by atoms with Gasteiger partial charge in [-0.2, -0.15) is 0 Å². The fraction of sp³-hybridized carbons (Fsp3) is 0.571. The van der Waals surface area contributed by atoms with Crippen molar-refractivity contribution in [2.45, 2.75) is 18.9 Å². The largest absolute Gasteiger partial charge is 0.465 e. The van der Waals surface area contributed by atoms with E-state index in [0.29, 0.717) is 30.6 Å². The lowest BCUT2D eigenvalue weighted by Gasteiger charge is -2.23. The number of carbonyl (C=O) groups is 1. The number of piperidine rings is 1. The predicted octanol–water partition coefficient (Wildman–Crippen LogP) is 1.05. The van der Waals surface area contributed by atoms with Crippen LogP contribution in [0.25, 0.3) is 0 Å². The average molecular weight is 279 g/mol. The second-order valence-electron chi connectivity index (χ2n) is 4.64. The Morgan fingerprint density at radius 2 is 2.30 bits per heavy atom. The van der Waals surface area contributed by atoms with E-state index in [9.17, 15) is 4.79 Å². The van der Waals surface area contributed by atoms with Gasteiger partial charge < -0.3 is 20.1 Å². The summed E-state index contributed by atoms with van der Waals surface area (Å²) in [6.07, 6.45) is 4.08. The molecule has 0 unspecified atom stereocenters. The Hall–Kier alpha value is -1.66. The van der Waals surface area contributed by atoms with E-state index in [2.05, 4.69) is 15.6 Å². The summed E-state index contributed by atoms with van der Waals surface area (Å²) in [5.74, 6) is 0.146. The van der Waals surface area contributed by atoms with Crippen LogP contribution in [0.3, 0.4) is 0 Å². The number of anilines is 1. The van der Waals surface area contributed by atoms with Gasteiger partial charge in [0.05, 0.1) is 19.8 Å². The number of ether oxygens (including phenoxy) is 2. The summed E-state index contributed by atoms with van der Waals surface area (Å²) >= 11 is 0. The van der Waals surface area contributed by atoms with E-state index in [-0.39, 0.29) is 5.97 Å². The smallest absolute Gasteiger partial charge is 0.341 e. The first-order valence-corrected chi connectivity index (χ1v) is 6.91. The molecule has 110 valence electrons. The molecular formula is C14H21N3O3. The molecule has 0 saturated carbocycles. The molecule has 0 bridgehead atoms. The molecule has 6 heteroatoms. The van der Waals surface area contributed by atoms with Gasteiger partial charge >= 0.3 is 5.97 Å². The molecule has 0 radical (unpaired) electrons. The second kappa shape index (κ2) is 7.81. The zero-order chi connectivity index (χ0) is 14.2. The Bertz CT molecular complexity index is 433. The minimum absolute atomic E-state index is 0.335. The summed E-state index contributed by atoms with van der Waals surface area (Å²) in [6.45, 7) is 3.25. The lowest BCUT2D eigenvalue weighted by atomic mass is 10.1. The van der Waals surface area contributed by atoms with Gasteiger partial charge in [-0.15, -0.1) is 0 Å². The van der Waals surface area contributed by atoms with Gasteiger partial charge in [0.15, 0.2) is 0 Å². The number of nitrogens with zero attached hydrogens (tertiary/aromatic N) is 1. The summed E-state index contributed by atoms with van der Waals surface area (Å²) in [6, 6.07) is 3.40. The Morgan fingerprint density at radius 3 is 3.05 bits per heavy atom. The summed E-state index contributed by atoms with van der Waals surface area (Å²) in [5, 5.41) is 6.42. The van der Waals surface area contributed by atoms with Crippen molar-refractivity contribution >= 4 is 11.8 Å². The van der Waals surface area contributed by atoms with Crippen LogP contribution < -0.4 is 10.6 Å². The molecule has 0 spiro atoms. The molecule has 0 aromatic carbocycles. The maximum absolute atomic E-state index is 11.6. The van der Waals surface area contributed by atoms with Gasteiger partial charge in [-0.1, -0.05) is 0 Å². The molecular weight excluding hydrogens is 258 g/mol. The highest BCUT2D eigenvalue weighted by molar-refractivity contribution is 5.94. The van der Waals surface area contributed by atoms with E-state index in [1.54, 1.807) is 18.3 Å². The van der Waals surface area contributed by atoms with Crippen LogP contribution in [0.15, 0.2) is 18.3 Å². The molecule has 6 nitrogen and oxygen atoms in total. The molecule has 2 heterocycles. The summed E-state index contributed by atoms with van der Waals surface area (Å²) in [7, 11) is 1.36. The fourth-order valence-corrected chi connectivity index (χ4v) is 2.18. The van der Waals surface area contributed by atoms with Crippen LogP contribution in [0.1, 0.15) is 23.2 Å². The molecule has 1 aromatic heterocycles. The molecule has 1 aromatic rings. The number of hydrogen-bond donors (Lipinski definition) is 2. The van der Waals surface area contributed by atoms with Gasteiger partial charge in [0, 0.05) is 12.7 Å². The zero-order valence-electron chi connectivity index (χ0n) is 11.7. The van der Waals surface area contributed by atoms with E-state index in [1.165, 1.54) is 7.11 Å². The molecule has 0 aliphatic carbocycles. The summed E-state index contributed by atoms with van der Waals surface area (Å²) in [5.41, 5.74) is 0.442. The van der Waals surface area contributed by atoms with E-state index in [4.69, 9.17) is 9.47 Å². The fourth-order valence-electron chi connectivity index (χ4n) is 2.18. The number of pyridine rings is 1. The van der Waals surface area contributed by atoms with Crippen molar-refractivity contribution in [3.05, 3.63) is 23.9 Å². The van der Waals surface area contributed by atoms with Crippen LogP contribution in [0.5, 0.6) is 0 Å². The first-order chi connectivity index (χ1) is 9.81. The van der Waals surface area contributed by atoms with E-state index >= 15 is 0 Å². The molecule has 1 fully saturated rings. The van der Waals surface area contributed by atoms with Gasteiger partial charge in [-0.25, -0.2) is 9.78 Å². The molecule has 1 aliphatic heterocycles. The lowest BCUT2D eigenvalue weighted by molar-refractivity contribution is 0.0393. The number of hydrogen-bond acceptors (Lipinski definition) is 6. The Balaban J connectivity index is 1.77. The molecule has 0 amide bonds. The van der Waals surface area contributed by atoms with Crippen LogP contribution in [-0.4, -0.2) is 50.4 Å². The molecule has 1 saturated heterocycles. The summed E-state index contributed by atoms with van der Waals surface area (Å²) in [4.78, 5) is 15.7. The third-order valence-corrected chi connectivity index (χ3v) is 3.25. The number of methoxy groups -OCH3 is 1. The van der Waals surface area contributed by atoms with E-state index < -0.39 is 0 Å². The van der Waals surface area contributed by atoms with Crippen molar-refractivity contribution < 1.29 is 14.3 Å². The second-order valence-corrected chi connectivity index (χ2v) is 4.64. The third-order valence-electron chi connectivity index (χ3n) is 3.25. The van der Waals surface area contributed by atoms with Crippen molar-refractivity contribution in [1.29, 1.82) is 0 Å². The minimum atomic E-state index is -0.389. The van der Waals surface area contributed by atoms with Crippen molar-refractivity contribution in [2.75, 3.05) is 38.7 Å². The maximum atomic E-state index is 11.6. The molecule has 2 rings (SSSR count). The minimum Gasteiger partial charge on any atom is -0.465 e. The number of carbonyl (C=O) groups excluding carboxylic acids is 1. The van der Waals surface area contributed by atoms with Crippen LogP contribution in [0.4, 0.5) is 5.82 Å². The van der Waals surface area contributed by atoms with Gasteiger partial charge in [0.2, 0.25) is 0 Å². The molecule has 20 heavy (non-hydrogen) atoms. The first-order valence-electron chi connectivity index (χ1n) is 6.91. The Kier molecular flexibility index (Phi) is 5.76. The highest BCUT2D eigenvalue weighted by atomic mass is 16.5. The van der Waals surface area contributed by atoms with Crippen molar-refractivity contribution in [2.24, 2.45) is 0 Å². The van der Waals surface area contributed by atoms with Gasteiger partial charge in [-0.05, 0) is 38.1 Å². The first kappa shape index (κ1) is 14.7. The number of esters is 1. The normalized spacial score (nSPS) is 15.8. The topological polar surface area (TPSA) is 72.5 Å². The summed E-state index contributed by atoms with van der Waals surface area (Å²) < 4.78 is 10.5. The molecule has 0 atom stereocenters. The zero-order valence-corrected chi connectivity index (χ0v) is 11.7. The quantitative estimate of drug-likeness (QED) is 0.599. The van der Waals surface area contributed by atoms with E-state index in [1.807, 2.05) is 0 Å². The molecule has 1 aliphatic rings. The predicted molar refractivity (Wildman–Crippen MR) is 75.9 cm³/mol. The van der Waals surface area contributed by atoms with Crippen LogP contribution >= 0.6 is 0 Å². The van der Waals surface area contributed by atoms with Crippen molar-refractivity contribution in [3.63, 3.8) is 0 Å². The standard InChI is InChI=1S/C14H21N3O3/c1-19-14(18)12-3-2-6-16-13(12)17-9-10-20-11-4-7-15-8-5-11/h2-3,6,11,15H,4-5,7-10H2,1H3,(H,16,17). The highest BCUT2D eigenvalue weighted by Gasteiger charge is 2.14. The average Bonchev–Trinajstić information content (AvgIpc) is 2.52. The van der Waals surface area contributed by atoms with Crippen molar-refractivity contribution in [3.8, 4) is 0 Å². The van der Waals surface area contributed by atoms with Gasteiger partial charge in [0.1, 0.15) is 11.4 Å². The van der Waals surface area contributed by atoms with Gasteiger partial charge in [-0.3, -0.25) is 0 Å². The Labute approximate surface area is 118 Å². The lowest BCUT2D eigenvalue weighted by Crippen LogP contribution is -2.33. The number of aromatic nitrogens is 1.